The fourth-order valence-electron chi connectivity index (χ4n) is 3.18. The standard InChI is InChI=1S/C18H17F3N4O2S/c19-18(20,21)11-3-1-2-10(6-11)7-23-16-17-24-8-12(25(17)5-4-22-16)15-14(27)13(26)9-28-15/h1-6,8,13-15,26-27H,7,9H2,(H,22,23)/t13-,14-,15+/m1/s1. The third kappa shape index (κ3) is 3.54. The highest BCUT2D eigenvalue weighted by atomic mass is 32.2. The number of aromatic nitrogens is 3. The zero-order chi connectivity index (χ0) is 19.9. The largest absolute Gasteiger partial charge is 0.416 e. The second kappa shape index (κ2) is 7.26. The van der Waals surface area contributed by atoms with E-state index < -0.39 is 23.9 Å². The van der Waals surface area contributed by atoms with Gasteiger partial charge in [0.1, 0.15) is 0 Å². The molecule has 0 bridgehead atoms. The molecule has 0 aliphatic carbocycles. The summed E-state index contributed by atoms with van der Waals surface area (Å²) in [7, 11) is 0. The van der Waals surface area contributed by atoms with Gasteiger partial charge in [0.2, 0.25) is 0 Å². The lowest BCUT2D eigenvalue weighted by Gasteiger charge is -2.15. The number of halogens is 3. The number of hydrogen-bond donors (Lipinski definition) is 3. The van der Waals surface area contributed by atoms with Crippen LogP contribution < -0.4 is 5.32 Å². The van der Waals surface area contributed by atoms with Crippen molar-refractivity contribution < 1.29 is 23.4 Å². The summed E-state index contributed by atoms with van der Waals surface area (Å²) in [6.45, 7) is 0.151. The highest BCUT2D eigenvalue weighted by molar-refractivity contribution is 7.99. The number of nitrogens with one attached hydrogen (secondary N) is 1. The first-order chi connectivity index (χ1) is 13.3. The van der Waals surface area contributed by atoms with Crippen molar-refractivity contribution in [1.82, 2.24) is 14.4 Å². The maximum atomic E-state index is 12.9. The monoisotopic (exact) mass is 410 g/mol. The van der Waals surface area contributed by atoms with Crippen molar-refractivity contribution in [3.63, 3.8) is 0 Å². The fourth-order valence-corrected chi connectivity index (χ4v) is 4.50. The molecular weight excluding hydrogens is 393 g/mol. The average Bonchev–Trinajstić information content (AvgIpc) is 3.23. The van der Waals surface area contributed by atoms with E-state index >= 15 is 0 Å². The molecule has 0 unspecified atom stereocenters. The Bertz CT molecular complexity index is 994. The first-order valence-corrected chi connectivity index (χ1v) is 9.59. The Balaban J connectivity index is 1.57. The molecule has 10 heteroatoms. The molecule has 6 nitrogen and oxygen atoms in total. The quantitative estimate of drug-likeness (QED) is 0.614. The summed E-state index contributed by atoms with van der Waals surface area (Å²) in [5, 5.41) is 22.7. The van der Waals surface area contributed by atoms with Crippen LogP contribution in [0.15, 0.2) is 42.9 Å². The van der Waals surface area contributed by atoms with E-state index in [2.05, 4.69) is 15.3 Å². The number of thioether (sulfide) groups is 1. The van der Waals surface area contributed by atoms with Gasteiger partial charge in [0.25, 0.3) is 0 Å². The summed E-state index contributed by atoms with van der Waals surface area (Å²) in [6, 6.07) is 5.09. The molecule has 1 aliphatic rings. The molecule has 3 atom stereocenters. The number of fused-ring (bicyclic) bond motifs is 1. The lowest BCUT2D eigenvalue weighted by molar-refractivity contribution is -0.137. The van der Waals surface area contributed by atoms with Crippen LogP contribution in [0.4, 0.5) is 19.0 Å². The van der Waals surface area contributed by atoms with Crippen LogP contribution in [0, 0.1) is 0 Å². The third-order valence-corrected chi connectivity index (χ3v) is 6.03. The zero-order valence-electron chi connectivity index (χ0n) is 14.5. The highest BCUT2D eigenvalue weighted by Crippen LogP contribution is 2.40. The summed E-state index contributed by atoms with van der Waals surface area (Å²) < 4.78 is 40.4. The van der Waals surface area contributed by atoms with Gasteiger partial charge in [0.05, 0.1) is 34.9 Å². The molecule has 0 radical (unpaired) electrons. The van der Waals surface area contributed by atoms with E-state index in [1.807, 2.05) is 0 Å². The molecule has 2 aromatic heterocycles. The Morgan fingerprint density at radius 1 is 1.25 bits per heavy atom. The molecule has 3 heterocycles. The molecule has 3 aromatic rings. The third-order valence-electron chi connectivity index (χ3n) is 4.61. The molecule has 28 heavy (non-hydrogen) atoms. The van der Waals surface area contributed by atoms with Gasteiger partial charge in [-0.2, -0.15) is 13.2 Å². The normalized spacial score (nSPS) is 22.7. The topological polar surface area (TPSA) is 82.7 Å². The summed E-state index contributed by atoms with van der Waals surface area (Å²) in [5.74, 6) is 0.856. The van der Waals surface area contributed by atoms with Gasteiger partial charge in [-0.15, -0.1) is 11.8 Å². The maximum Gasteiger partial charge on any atom is 0.416 e. The van der Waals surface area contributed by atoms with Crippen molar-refractivity contribution in [2.75, 3.05) is 11.1 Å². The van der Waals surface area contributed by atoms with Gasteiger partial charge in [-0.1, -0.05) is 12.1 Å². The van der Waals surface area contributed by atoms with E-state index in [1.165, 1.54) is 17.8 Å². The van der Waals surface area contributed by atoms with E-state index in [1.54, 1.807) is 29.1 Å². The minimum absolute atomic E-state index is 0.151. The summed E-state index contributed by atoms with van der Waals surface area (Å²) >= 11 is 1.44. The molecule has 0 spiro atoms. The number of alkyl halides is 3. The number of imidazole rings is 1. The number of nitrogens with zero attached hydrogens (tertiary/aromatic N) is 3. The van der Waals surface area contributed by atoms with Gasteiger partial charge in [0, 0.05) is 24.7 Å². The Hall–Kier alpha value is -2.30. The average molecular weight is 410 g/mol. The van der Waals surface area contributed by atoms with Crippen molar-refractivity contribution in [2.45, 2.75) is 30.2 Å². The second-order valence-electron chi connectivity index (χ2n) is 6.52. The van der Waals surface area contributed by atoms with E-state index in [4.69, 9.17) is 0 Å². The zero-order valence-corrected chi connectivity index (χ0v) is 15.3. The molecule has 4 rings (SSSR count). The number of anilines is 1. The number of benzene rings is 1. The Kier molecular flexibility index (Phi) is 4.94. The summed E-state index contributed by atoms with van der Waals surface area (Å²) in [4.78, 5) is 8.58. The Morgan fingerprint density at radius 2 is 2.07 bits per heavy atom. The minimum atomic E-state index is -4.39. The molecule has 148 valence electrons. The van der Waals surface area contributed by atoms with E-state index in [9.17, 15) is 23.4 Å². The van der Waals surface area contributed by atoms with Crippen molar-refractivity contribution in [3.05, 3.63) is 59.7 Å². The number of rotatable bonds is 4. The van der Waals surface area contributed by atoms with Crippen LogP contribution in [-0.2, 0) is 12.7 Å². The molecule has 1 aliphatic heterocycles. The molecule has 1 aromatic carbocycles. The fraction of sp³-hybridized carbons (Fsp3) is 0.333. The summed E-state index contributed by atoms with van der Waals surface area (Å²) in [5.41, 5.74) is 0.995. The molecule has 1 saturated heterocycles. The predicted octanol–water partition coefficient (Wildman–Crippen LogP) is 2.87. The lowest BCUT2D eigenvalue weighted by Crippen LogP contribution is -2.25. The van der Waals surface area contributed by atoms with Crippen LogP contribution in [0.1, 0.15) is 22.1 Å². The van der Waals surface area contributed by atoms with Crippen LogP contribution in [0.2, 0.25) is 0 Å². The molecule has 0 amide bonds. The van der Waals surface area contributed by atoms with Gasteiger partial charge in [0.15, 0.2) is 11.5 Å². The number of aliphatic hydroxyl groups is 2. The van der Waals surface area contributed by atoms with E-state index in [0.717, 1.165) is 17.8 Å². The first-order valence-electron chi connectivity index (χ1n) is 8.54. The van der Waals surface area contributed by atoms with Gasteiger partial charge in [-0.25, -0.2) is 9.97 Å². The van der Waals surface area contributed by atoms with Crippen LogP contribution in [0.3, 0.4) is 0 Å². The Morgan fingerprint density at radius 3 is 2.79 bits per heavy atom. The van der Waals surface area contributed by atoms with Crippen LogP contribution in [-0.4, -0.2) is 42.5 Å². The molecule has 0 saturated carbocycles. The van der Waals surface area contributed by atoms with Crippen LogP contribution in [0.5, 0.6) is 0 Å². The van der Waals surface area contributed by atoms with Crippen molar-refractivity contribution in [3.8, 4) is 0 Å². The van der Waals surface area contributed by atoms with Gasteiger partial charge in [-0.3, -0.25) is 4.40 Å². The smallest absolute Gasteiger partial charge is 0.390 e. The first kappa shape index (κ1) is 19.0. The lowest BCUT2D eigenvalue weighted by atomic mass is 10.1. The van der Waals surface area contributed by atoms with Crippen molar-refractivity contribution in [1.29, 1.82) is 0 Å². The number of hydrogen-bond acceptors (Lipinski definition) is 6. The number of aliphatic hydroxyl groups excluding tert-OH is 2. The second-order valence-corrected chi connectivity index (χ2v) is 7.69. The maximum absolute atomic E-state index is 12.9. The predicted molar refractivity (Wildman–Crippen MR) is 99.0 cm³/mol. The van der Waals surface area contributed by atoms with Gasteiger partial charge in [-0.05, 0) is 17.7 Å². The summed E-state index contributed by atoms with van der Waals surface area (Å²) in [6.07, 6.45) is -1.21. The molecule has 1 fully saturated rings. The molecule has 3 N–H and O–H groups in total. The van der Waals surface area contributed by atoms with Crippen molar-refractivity contribution >= 4 is 23.2 Å². The van der Waals surface area contributed by atoms with Gasteiger partial charge >= 0.3 is 6.18 Å². The molecular formula is C18H17F3N4O2S. The Labute approximate surface area is 162 Å². The van der Waals surface area contributed by atoms with Crippen LogP contribution in [0.25, 0.3) is 5.65 Å². The highest BCUT2D eigenvalue weighted by Gasteiger charge is 2.37. The van der Waals surface area contributed by atoms with Gasteiger partial charge < -0.3 is 15.5 Å². The minimum Gasteiger partial charge on any atom is -0.390 e. The van der Waals surface area contributed by atoms with E-state index in [-0.39, 0.29) is 11.8 Å². The van der Waals surface area contributed by atoms with Crippen molar-refractivity contribution in [2.24, 2.45) is 0 Å². The van der Waals surface area contributed by atoms with E-state index in [0.29, 0.717) is 22.8 Å². The van der Waals surface area contributed by atoms with Crippen LogP contribution >= 0.6 is 11.8 Å². The SMILES string of the molecule is O[C@@H]1[C@H](O)CS[C@H]1c1cnc2c(NCc3cccc(C(F)(F)F)c3)nccn12.